The zero-order valence-corrected chi connectivity index (χ0v) is 22.1. The van der Waals surface area contributed by atoms with Gasteiger partial charge in [0.15, 0.2) is 23.1 Å². The van der Waals surface area contributed by atoms with Gasteiger partial charge >= 0.3 is 5.97 Å². The summed E-state index contributed by atoms with van der Waals surface area (Å²) >= 11 is 0. The highest BCUT2D eigenvalue weighted by atomic mass is 19.1. The Morgan fingerprint density at radius 2 is 1.31 bits per heavy atom. The molecule has 4 aromatic carbocycles. The molecule has 214 valence electrons. The molecule has 1 aliphatic heterocycles. The summed E-state index contributed by atoms with van der Waals surface area (Å²) in [5.41, 5.74) is 0.260. The fourth-order valence-electron chi connectivity index (χ4n) is 5.03. The first-order valence-electron chi connectivity index (χ1n) is 12.8. The van der Waals surface area contributed by atoms with Gasteiger partial charge in [-0.2, -0.15) is 0 Å². The molecule has 5 rings (SSSR count). The van der Waals surface area contributed by atoms with E-state index in [0.717, 1.165) is 19.2 Å². The van der Waals surface area contributed by atoms with Crippen molar-refractivity contribution in [1.29, 1.82) is 0 Å². The van der Waals surface area contributed by atoms with E-state index in [2.05, 4.69) is 5.32 Å². The molecule has 0 saturated carbocycles. The van der Waals surface area contributed by atoms with E-state index >= 15 is 0 Å². The number of hydrogen-bond acceptors (Lipinski definition) is 7. The first kappa shape index (κ1) is 28.2. The van der Waals surface area contributed by atoms with Crippen LogP contribution < -0.4 is 14.8 Å². The van der Waals surface area contributed by atoms with E-state index in [9.17, 15) is 28.5 Å². The van der Waals surface area contributed by atoms with Crippen LogP contribution in [0.15, 0.2) is 97.1 Å². The van der Waals surface area contributed by atoms with Crippen molar-refractivity contribution in [3.05, 3.63) is 130 Å². The van der Waals surface area contributed by atoms with E-state index in [1.165, 1.54) is 24.3 Å². The maximum absolute atomic E-state index is 14.8. The summed E-state index contributed by atoms with van der Waals surface area (Å²) in [4.78, 5) is 38.2. The minimum absolute atomic E-state index is 0.0992. The van der Waals surface area contributed by atoms with Gasteiger partial charge in [-0.1, -0.05) is 48.5 Å². The molecule has 0 spiro atoms. The van der Waals surface area contributed by atoms with Gasteiger partial charge in [0.25, 0.3) is 0 Å². The van der Waals surface area contributed by atoms with Crippen LogP contribution in [0.3, 0.4) is 0 Å². The molecule has 0 aliphatic carbocycles. The lowest BCUT2D eigenvalue weighted by molar-refractivity contribution is -0.534. The Hall–Kier alpha value is -5.32. The summed E-state index contributed by atoms with van der Waals surface area (Å²) in [7, 11) is 1.06. The maximum Gasteiger partial charge on any atom is 0.319 e. The molecule has 1 amide bonds. The van der Waals surface area contributed by atoms with Crippen molar-refractivity contribution >= 4 is 11.9 Å². The molecule has 0 radical (unpaired) electrons. The van der Waals surface area contributed by atoms with E-state index in [1.807, 2.05) is 0 Å². The predicted octanol–water partition coefficient (Wildman–Crippen LogP) is 5.94. The van der Waals surface area contributed by atoms with Gasteiger partial charge in [-0.05, 0) is 59.7 Å². The van der Waals surface area contributed by atoms with Crippen LogP contribution >= 0.6 is 0 Å². The minimum Gasteiger partial charge on any atom is -0.468 e. The van der Waals surface area contributed by atoms with Crippen LogP contribution in [0.4, 0.5) is 8.78 Å². The van der Waals surface area contributed by atoms with Crippen LogP contribution in [0.5, 0.6) is 23.0 Å². The number of nitrogens with one attached hydrogen (secondary N) is 1. The molecule has 1 heterocycles. The number of ether oxygens (including phenoxy) is 3. The third kappa shape index (κ3) is 5.75. The second-order valence-electron chi connectivity index (χ2n) is 9.50. The standard InChI is InChI=1S/C31H24F2N2O7/c1-40-31(37)27-26(18-12-14-22(32)24(16-18)41-20-8-4-2-5-9-20)29(35(38)39)28(34-30(27)36)19-13-15-23(33)25(17-19)42-21-10-6-3-7-11-21/h2-17,26-29H,1H3,(H,34,36). The first-order valence-corrected chi connectivity index (χ1v) is 12.8. The molecule has 42 heavy (non-hydrogen) atoms. The van der Waals surface area contributed by atoms with Crippen molar-refractivity contribution in [1.82, 2.24) is 5.32 Å². The molecule has 9 nitrogen and oxygen atoms in total. The highest BCUT2D eigenvalue weighted by Crippen LogP contribution is 2.43. The van der Waals surface area contributed by atoms with Gasteiger partial charge < -0.3 is 19.5 Å². The Morgan fingerprint density at radius 3 is 1.81 bits per heavy atom. The maximum atomic E-state index is 14.8. The Morgan fingerprint density at radius 1 is 0.810 bits per heavy atom. The van der Waals surface area contributed by atoms with Crippen molar-refractivity contribution < 1.29 is 37.5 Å². The van der Waals surface area contributed by atoms with Gasteiger partial charge in [-0.15, -0.1) is 0 Å². The van der Waals surface area contributed by atoms with Crippen LogP contribution in [0.25, 0.3) is 0 Å². The number of piperidine rings is 1. The highest BCUT2D eigenvalue weighted by Gasteiger charge is 2.55. The van der Waals surface area contributed by atoms with E-state index in [4.69, 9.17) is 14.2 Å². The first-order chi connectivity index (χ1) is 20.3. The lowest BCUT2D eigenvalue weighted by Crippen LogP contribution is -2.56. The number of esters is 1. The molecule has 4 atom stereocenters. The quantitative estimate of drug-likeness (QED) is 0.120. The number of para-hydroxylation sites is 2. The molecule has 1 N–H and O–H groups in total. The number of rotatable bonds is 8. The number of benzene rings is 4. The van der Waals surface area contributed by atoms with E-state index in [0.29, 0.717) is 11.5 Å². The van der Waals surface area contributed by atoms with E-state index in [-0.39, 0.29) is 22.6 Å². The molecule has 11 heteroatoms. The molecule has 1 aliphatic rings. The van der Waals surface area contributed by atoms with Crippen molar-refractivity contribution in [2.75, 3.05) is 7.11 Å². The summed E-state index contributed by atoms with van der Waals surface area (Å²) in [6.07, 6.45) is 0. The summed E-state index contributed by atoms with van der Waals surface area (Å²) in [6.45, 7) is 0. The molecule has 0 aromatic heterocycles. The monoisotopic (exact) mass is 574 g/mol. The van der Waals surface area contributed by atoms with Crippen molar-refractivity contribution in [3.8, 4) is 23.0 Å². The third-order valence-corrected chi connectivity index (χ3v) is 6.94. The van der Waals surface area contributed by atoms with Gasteiger partial charge in [0.2, 0.25) is 11.9 Å². The number of nitrogens with zero attached hydrogens (tertiary/aromatic N) is 1. The molecular weight excluding hydrogens is 550 g/mol. The third-order valence-electron chi connectivity index (χ3n) is 6.94. The van der Waals surface area contributed by atoms with Gasteiger partial charge in [-0.3, -0.25) is 19.7 Å². The average molecular weight is 575 g/mol. The fourth-order valence-corrected chi connectivity index (χ4v) is 5.03. The Balaban J connectivity index is 1.59. The van der Waals surface area contributed by atoms with Crippen molar-refractivity contribution in [3.63, 3.8) is 0 Å². The van der Waals surface area contributed by atoms with E-state index in [1.54, 1.807) is 60.7 Å². The number of hydrogen-bond donors (Lipinski definition) is 1. The summed E-state index contributed by atoms with van der Waals surface area (Å²) in [5.74, 6) is -6.24. The van der Waals surface area contributed by atoms with Crippen molar-refractivity contribution in [2.45, 2.75) is 18.0 Å². The largest absolute Gasteiger partial charge is 0.468 e. The van der Waals surface area contributed by atoms with Crippen LogP contribution in [-0.2, 0) is 14.3 Å². The summed E-state index contributed by atoms with van der Waals surface area (Å²) in [5, 5.41) is 15.2. The van der Waals surface area contributed by atoms with Crippen LogP contribution in [-0.4, -0.2) is 30.0 Å². The van der Waals surface area contributed by atoms with Gasteiger partial charge in [0, 0.05) is 4.92 Å². The van der Waals surface area contributed by atoms with Crippen LogP contribution in [0.1, 0.15) is 23.1 Å². The predicted molar refractivity (Wildman–Crippen MR) is 146 cm³/mol. The van der Waals surface area contributed by atoms with Gasteiger partial charge in [-0.25, -0.2) is 8.78 Å². The lowest BCUT2D eigenvalue weighted by Gasteiger charge is -2.37. The summed E-state index contributed by atoms with van der Waals surface area (Å²) < 4.78 is 45.7. The molecule has 1 fully saturated rings. The smallest absolute Gasteiger partial charge is 0.319 e. The second kappa shape index (κ2) is 12.0. The number of methoxy groups -OCH3 is 1. The Kier molecular flexibility index (Phi) is 8.09. The number of nitro groups is 1. The van der Waals surface area contributed by atoms with Crippen molar-refractivity contribution in [2.24, 2.45) is 5.92 Å². The van der Waals surface area contributed by atoms with Gasteiger partial charge in [0.05, 0.1) is 13.0 Å². The topological polar surface area (TPSA) is 117 Å². The van der Waals surface area contributed by atoms with Crippen LogP contribution in [0.2, 0.25) is 0 Å². The fraction of sp³-hybridized carbons (Fsp3) is 0.161. The number of halogens is 2. The number of carbonyl (C=O) groups excluding carboxylic acids is 2. The minimum atomic E-state index is -1.66. The van der Waals surface area contributed by atoms with E-state index < -0.39 is 52.4 Å². The normalized spacial score (nSPS) is 19.8. The average Bonchev–Trinajstić information content (AvgIpc) is 2.99. The molecule has 4 unspecified atom stereocenters. The molecular formula is C31H24F2N2O7. The highest BCUT2D eigenvalue weighted by molar-refractivity contribution is 6.00. The molecule has 4 aromatic rings. The summed E-state index contributed by atoms with van der Waals surface area (Å²) in [6, 6.07) is 20.8. The second-order valence-corrected chi connectivity index (χ2v) is 9.50. The van der Waals surface area contributed by atoms with Crippen LogP contribution in [0, 0.1) is 27.7 Å². The molecule has 1 saturated heterocycles. The molecule has 0 bridgehead atoms. The lowest BCUT2D eigenvalue weighted by atomic mass is 9.73. The number of amides is 1. The zero-order chi connectivity index (χ0) is 29.8. The number of carbonyl (C=O) groups is 2. The Labute approximate surface area is 238 Å². The van der Waals surface area contributed by atoms with Gasteiger partial charge in [0.1, 0.15) is 23.5 Å². The SMILES string of the molecule is COC(=O)C1C(=O)NC(c2ccc(F)c(Oc3ccccc3)c2)C([N+](=O)[O-])C1c1ccc(F)c(Oc2ccccc2)c1. The zero-order valence-electron chi connectivity index (χ0n) is 22.1. The Bertz CT molecular complexity index is 1620.